The van der Waals surface area contributed by atoms with E-state index in [4.69, 9.17) is 4.74 Å². The predicted molar refractivity (Wildman–Crippen MR) is 107 cm³/mol. The second-order valence-electron chi connectivity index (χ2n) is 6.08. The molecule has 0 amide bonds. The van der Waals surface area contributed by atoms with Crippen molar-refractivity contribution in [2.45, 2.75) is 16.7 Å². The molecule has 0 spiro atoms. The fourth-order valence-electron chi connectivity index (χ4n) is 2.65. The lowest BCUT2D eigenvalue weighted by Gasteiger charge is -2.16. The second kappa shape index (κ2) is 8.64. The van der Waals surface area contributed by atoms with Crippen LogP contribution in [-0.4, -0.2) is 7.11 Å². The fourth-order valence-corrected chi connectivity index (χ4v) is 3.60. The van der Waals surface area contributed by atoms with Crippen molar-refractivity contribution in [1.29, 1.82) is 10.5 Å². The molecule has 0 heterocycles. The van der Waals surface area contributed by atoms with Gasteiger partial charge in [0.2, 0.25) is 0 Å². The van der Waals surface area contributed by atoms with Gasteiger partial charge in [-0.3, -0.25) is 0 Å². The number of halogens is 2. The molecule has 0 unspecified atom stereocenters. The summed E-state index contributed by atoms with van der Waals surface area (Å²) in [5, 5.41) is 21.4. The van der Waals surface area contributed by atoms with E-state index in [0.717, 1.165) is 17.3 Å². The summed E-state index contributed by atoms with van der Waals surface area (Å²) in [5.41, 5.74) is 0.00612. The van der Waals surface area contributed by atoms with Crippen molar-refractivity contribution in [2.24, 2.45) is 0 Å². The molecule has 0 bridgehead atoms. The molecule has 0 aliphatic rings. The second-order valence-corrected chi connectivity index (χ2v) is 7.16. The van der Waals surface area contributed by atoms with Crippen molar-refractivity contribution in [3.05, 3.63) is 76.9 Å². The third-order valence-electron chi connectivity index (χ3n) is 4.14. The van der Waals surface area contributed by atoms with Gasteiger partial charge in [0.05, 0.1) is 17.7 Å². The molecule has 29 heavy (non-hydrogen) atoms. The number of nitriles is 2. The van der Waals surface area contributed by atoms with Gasteiger partial charge in [0.25, 0.3) is 0 Å². The van der Waals surface area contributed by atoms with Crippen molar-refractivity contribution in [1.82, 2.24) is 0 Å². The maximum absolute atomic E-state index is 15.1. The summed E-state index contributed by atoms with van der Waals surface area (Å²) >= 11 is 0.972. The first-order valence-electron chi connectivity index (χ1n) is 8.49. The third-order valence-corrected chi connectivity index (χ3v) is 5.23. The average molecular weight is 407 g/mol. The number of nitrogens with one attached hydrogen (secondary N) is 1. The van der Waals surface area contributed by atoms with Crippen LogP contribution in [0.5, 0.6) is 5.75 Å². The van der Waals surface area contributed by atoms with E-state index in [2.05, 4.69) is 5.32 Å². The standard InChI is InChI=1S/C22H15F2N3OS/c1-13-6-8-16(9-7-13)29-22-20(24)18(12-26)17(11-25)19(23)21(22)27-14-4-3-5-15(10-14)28-2/h3-10,27H,1-2H3. The Balaban J connectivity index is 2.18. The minimum Gasteiger partial charge on any atom is -0.497 e. The van der Waals surface area contributed by atoms with Crippen LogP contribution in [0.2, 0.25) is 0 Å². The molecule has 1 N–H and O–H groups in total. The minimum absolute atomic E-state index is 0.107. The van der Waals surface area contributed by atoms with Crippen LogP contribution in [0, 0.1) is 41.2 Å². The highest BCUT2D eigenvalue weighted by atomic mass is 32.2. The number of benzene rings is 3. The van der Waals surface area contributed by atoms with Crippen molar-refractivity contribution in [3.8, 4) is 17.9 Å². The molecule has 0 aromatic heterocycles. The molecule has 0 aliphatic heterocycles. The molecule has 3 aromatic carbocycles. The van der Waals surface area contributed by atoms with Crippen molar-refractivity contribution < 1.29 is 13.5 Å². The molecule has 0 atom stereocenters. The number of anilines is 2. The average Bonchev–Trinajstić information content (AvgIpc) is 2.74. The van der Waals surface area contributed by atoms with E-state index in [1.165, 1.54) is 7.11 Å². The summed E-state index contributed by atoms with van der Waals surface area (Å²) in [6.07, 6.45) is 0. The first kappa shape index (κ1) is 20.2. The predicted octanol–water partition coefficient (Wildman–Crippen LogP) is 5.92. The zero-order valence-electron chi connectivity index (χ0n) is 15.6. The molecule has 0 saturated carbocycles. The zero-order chi connectivity index (χ0) is 21.0. The molecule has 3 rings (SSSR count). The topological polar surface area (TPSA) is 68.8 Å². The lowest BCUT2D eigenvalue weighted by molar-refractivity contribution is 0.415. The van der Waals surface area contributed by atoms with Crippen LogP contribution in [0.4, 0.5) is 20.2 Å². The van der Waals surface area contributed by atoms with Gasteiger partial charge in [0, 0.05) is 16.6 Å². The molecule has 144 valence electrons. The van der Waals surface area contributed by atoms with Crippen molar-refractivity contribution in [3.63, 3.8) is 0 Å². The Labute approximate surface area is 171 Å². The van der Waals surface area contributed by atoms with E-state index < -0.39 is 22.8 Å². The summed E-state index contributed by atoms with van der Waals surface area (Å²) in [4.78, 5) is 0.556. The first-order valence-corrected chi connectivity index (χ1v) is 9.31. The molecule has 7 heteroatoms. The molecule has 4 nitrogen and oxygen atoms in total. The molecule has 0 fully saturated rings. The molecule has 0 saturated heterocycles. The van der Waals surface area contributed by atoms with Crippen LogP contribution >= 0.6 is 11.8 Å². The van der Waals surface area contributed by atoms with Crippen LogP contribution in [0.1, 0.15) is 16.7 Å². The Kier molecular flexibility index (Phi) is 6.01. The highest BCUT2D eigenvalue weighted by Crippen LogP contribution is 2.41. The largest absolute Gasteiger partial charge is 0.497 e. The Morgan fingerprint density at radius 2 is 1.62 bits per heavy atom. The number of methoxy groups -OCH3 is 1. The van der Waals surface area contributed by atoms with E-state index in [-0.39, 0.29) is 10.6 Å². The maximum Gasteiger partial charge on any atom is 0.167 e. The Hall–Kier alpha value is -3.55. The summed E-state index contributed by atoms with van der Waals surface area (Å²) in [5.74, 6) is -1.40. The summed E-state index contributed by atoms with van der Waals surface area (Å²) in [7, 11) is 1.49. The van der Waals surface area contributed by atoms with E-state index in [1.807, 2.05) is 19.1 Å². The van der Waals surface area contributed by atoms with Crippen LogP contribution in [-0.2, 0) is 0 Å². The molecular weight excluding hydrogens is 392 g/mol. The zero-order valence-corrected chi connectivity index (χ0v) is 16.4. The lowest BCUT2D eigenvalue weighted by atomic mass is 10.1. The number of hydrogen-bond acceptors (Lipinski definition) is 5. The molecule has 0 aliphatic carbocycles. The maximum atomic E-state index is 15.1. The number of aryl methyl sites for hydroxylation is 1. The number of ether oxygens (including phenoxy) is 1. The van der Waals surface area contributed by atoms with Gasteiger partial charge in [-0.15, -0.1) is 0 Å². The molecule has 0 radical (unpaired) electrons. The Bertz CT molecular complexity index is 1150. The van der Waals surface area contributed by atoms with Crippen LogP contribution in [0.15, 0.2) is 58.3 Å². The molecule has 3 aromatic rings. The van der Waals surface area contributed by atoms with E-state index >= 15 is 8.78 Å². The number of rotatable bonds is 5. The van der Waals surface area contributed by atoms with Gasteiger partial charge < -0.3 is 10.1 Å². The van der Waals surface area contributed by atoms with Crippen molar-refractivity contribution in [2.75, 3.05) is 12.4 Å². The first-order chi connectivity index (χ1) is 14.0. The van der Waals surface area contributed by atoms with E-state index in [1.54, 1.807) is 48.5 Å². The third kappa shape index (κ3) is 4.16. The van der Waals surface area contributed by atoms with Gasteiger partial charge >= 0.3 is 0 Å². The Morgan fingerprint density at radius 1 is 0.966 bits per heavy atom. The van der Waals surface area contributed by atoms with Crippen LogP contribution < -0.4 is 10.1 Å². The van der Waals surface area contributed by atoms with Gasteiger partial charge in [-0.25, -0.2) is 8.78 Å². The number of hydrogen-bond donors (Lipinski definition) is 1. The van der Waals surface area contributed by atoms with E-state index in [0.29, 0.717) is 16.3 Å². The van der Waals surface area contributed by atoms with E-state index in [9.17, 15) is 10.5 Å². The normalized spacial score (nSPS) is 10.1. The monoisotopic (exact) mass is 407 g/mol. The van der Waals surface area contributed by atoms with Crippen LogP contribution in [0.25, 0.3) is 0 Å². The lowest BCUT2D eigenvalue weighted by Crippen LogP contribution is -2.05. The quantitative estimate of drug-likeness (QED) is 0.569. The van der Waals surface area contributed by atoms with Crippen LogP contribution in [0.3, 0.4) is 0 Å². The SMILES string of the molecule is COc1cccc(Nc2c(F)c(C#N)c(C#N)c(F)c2Sc2ccc(C)cc2)c1. The summed E-state index contributed by atoms with van der Waals surface area (Å²) in [6.45, 7) is 1.92. The number of nitrogens with zero attached hydrogens (tertiary/aromatic N) is 2. The minimum atomic E-state index is -0.983. The van der Waals surface area contributed by atoms with Gasteiger partial charge in [0.1, 0.15) is 29.0 Å². The fraction of sp³-hybridized carbons (Fsp3) is 0.0909. The van der Waals surface area contributed by atoms with Gasteiger partial charge in [-0.05, 0) is 31.2 Å². The Morgan fingerprint density at radius 3 is 2.24 bits per heavy atom. The van der Waals surface area contributed by atoms with Gasteiger partial charge in [0.15, 0.2) is 11.6 Å². The summed E-state index contributed by atoms with van der Waals surface area (Å²) < 4.78 is 35.5. The highest BCUT2D eigenvalue weighted by Gasteiger charge is 2.26. The molecular formula is C22H15F2N3OS. The highest BCUT2D eigenvalue weighted by molar-refractivity contribution is 7.99. The van der Waals surface area contributed by atoms with Crippen molar-refractivity contribution >= 4 is 23.1 Å². The summed E-state index contributed by atoms with van der Waals surface area (Å²) in [6, 6.07) is 17.1. The van der Waals surface area contributed by atoms with Gasteiger partial charge in [-0.1, -0.05) is 35.5 Å². The van der Waals surface area contributed by atoms with Gasteiger partial charge in [-0.2, -0.15) is 10.5 Å². The smallest absolute Gasteiger partial charge is 0.167 e.